The fourth-order valence-corrected chi connectivity index (χ4v) is 3.12. The number of piperidine rings is 1. The first kappa shape index (κ1) is 14.2. The maximum Gasteiger partial charge on any atom is 0.234 e. The lowest BCUT2D eigenvalue weighted by Gasteiger charge is -2.21. The van der Waals surface area contributed by atoms with E-state index < -0.39 is 0 Å². The summed E-state index contributed by atoms with van der Waals surface area (Å²) >= 11 is 1.75. The number of para-hydroxylation sites is 2. The molecule has 1 aromatic carbocycles. The smallest absolute Gasteiger partial charge is 0.234 e. The molecular weight excluding hydrogens is 260 g/mol. The molecule has 1 saturated heterocycles. The Kier molecular flexibility index (Phi) is 5.54. The van der Waals surface area contributed by atoms with Crippen molar-refractivity contribution in [2.75, 3.05) is 31.3 Å². The van der Waals surface area contributed by atoms with Gasteiger partial charge in [-0.05, 0) is 38.1 Å². The van der Waals surface area contributed by atoms with Crippen molar-refractivity contribution in [3.8, 4) is 5.75 Å². The van der Waals surface area contributed by atoms with Crippen LogP contribution in [0.2, 0.25) is 0 Å². The third-order valence-corrected chi connectivity index (χ3v) is 4.49. The molecule has 104 valence electrons. The number of benzene rings is 1. The third-order valence-electron chi connectivity index (χ3n) is 3.12. The van der Waals surface area contributed by atoms with Crippen molar-refractivity contribution in [2.45, 2.75) is 18.1 Å². The molecule has 0 spiro atoms. The van der Waals surface area contributed by atoms with E-state index in [0.29, 0.717) is 16.8 Å². The average Bonchev–Trinajstić information content (AvgIpc) is 2.47. The quantitative estimate of drug-likeness (QED) is 0.867. The van der Waals surface area contributed by atoms with Gasteiger partial charge < -0.3 is 15.4 Å². The van der Waals surface area contributed by atoms with Crippen LogP contribution in [0.1, 0.15) is 12.8 Å². The Morgan fingerprint density at radius 2 is 2.16 bits per heavy atom. The maximum absolute atomic E-state index is 11.9. The van der Waals surface area contributed by atoms with Gasteiger partial charge in [-0.1, -0.05) is 12.1 Å². The average molecular weight is 280 g/mol. The highest BCUT2D eigenvalue weighted by molar-refractivity contribution is 8.00. The molecule has 1 aliphatic heterocycles. The minimum Gasteiger partial charge on any atom is -0.495 e. The molecule has 0 saturated carbocycles. The van der Waals surface area contributed by atoms with E-state index in [-0.39, 0.29) is 5.91 Å². The molecule has 1 heterocycles. The topological polar surface area (TPSA) is 50.4 Å². The van der Waals surface area contributed by atoms with Crippen molar-refractivity contribution in [3.05, 3.63) is 24.3 Å². The number of methoxy groups -OCH3 is 1. The van der Waals surface area contributed by atoms with Crippen LogP contribution in [-0.4, -0.2) is 37.1 Å². The largest absolute Gasteiger partial charge is 0.495 e. The van der Waals surface area contributed by atoms with Crippen LogP contribution in [0.5, 0.6) is 5.75 Å². The Balaban J connectivity index is 1.80. The number of carbonyl (C=O) groups excluding carboxylic acids is 1. The summed E-state index contributed by atoms with van der Waals surface area (Å²) in [6.45, 7) is 2.12. The van der Waals surface area contributed by atoms with E-state index in [1.807, 2.05) is 24.3 Å². The van der Waals surface area contributed by atoms with Gasteiger partial charge in [-0.25, -0.2) is 0 Å². The van der Waals surface area contributed by atoms with Crippen LogP contribution in [0.3, 0.4) is 0 Å². The Hall–Kier alpha value is -1.20. The van der Waals surface area contributed by atoms with Gasteiger partial charge in [0.05, 0.1) is 18.6 Å². The number of carbonyl (C=O) groups is 1. The van der Waals surface area contributed by atoms with Crippen molar-refractivity contribution in [1.29, 1.82) is 0 Å². The van der Waals surface area contributed by atoms with Gasteiger partial charge in [0.15, 0.2) is 0 Å². The summed E-state index contributed by atoms with van der Waals surface area (Å²) < 4.78 is 5.21. The van der Waals surface area contributed by atoms with Crippen molar-refractivity contribution in [2.24, 2.45) is 0 Å². The highest BCUT2D eigenvalue weighted by atomic mass is 32.2. The molecule has 1 fully saturated rings. The molecule has 1 aliphatic rings. The van der Waals surface area contributed by atoms with E-state index in [9.17, 15) is 4.79 Å². The molecule has 2 N–H and O–H groups in total. The normalized spacial score (nSPS) is 16.1. The van der Waals surface area contributed by atoms with Crippen molar-refractivity contribution < 1.29 is 9.53 Å². The summed E-state index contributed by atoms with van der Waals surface area (Å²) in [5.41, 5.74) is 0.737. The highest BCUT2D eigenvalue weighted by Crippen LogP contribution is 2.24. The van der Waals surface area contributed by atoms with Gasteiger partial charge in [-0.3, -0.25) is 4.79 Å². The first-order valence-corrected chi connectivity index (χ1v) is 7.59. The van der Waals surface area contributed by atoms with Crippen LogP contribution in [0.4, 0.5) is 5.69 Å². The van der Waals surface area contributed by atoms with Gasteiger partial charge >= 0.3 is 0 Å². The molecule has 0 atom stereocenters. The summed E-state index contributed by atoms with van der Waals surface area (Å²) in [4.78, 5) is 11.9. The van der Waals surface area contributed by atoms with E-state index >= 15 is 0 Å². The Bertz CT molecular complexity index is 420. The third kappa shape index (κ3) is 4.44. The lowest BCUT2D eigenvalue weighted by atomic mass is 10.2. The van der Waals surface area contributed by atoms with Gasteiger partial charge in [0.2, 0.25) is 5.91 Å². The zero-order chi connectivity index (χ0) is 13.5. The number of amides is 1. The van der Waals surface area contributed by atoms with E-state index in [0.717, 1.165) is 31.6 Å². The summed E-state index contributed by atoms with van der Waals surface area (Å²) in [7, 11) is 1.61. The molecule has 2 rings (SSSR count). The molecular formula is C14H20N2O2S. The second-order valence-electron chi connectivity index (χ2n) is 4.51. The fourth-order valence-electron chi connectivity index (χ4n) is 2.09. The molecule has 0 bridgehead atoms. The minimum absolute atomic E-state index is 0.0352. The summed E-state index contributed by atoms with van der Waals surface area (Å²) in [6, 6.07) is 7.47. The lowest BCUT2D eigenvalue weighted by Crippen LogP contribution is -2.30. The molecule has 0 unspecified atom stereocenters. The van der Waals surface area contributed by atoms with Crippen molar-refractivity contribution >= 4 is 23.4 Å². The van der Waals surface area contributed by atoms with Crippen molar-refractivity contribution in [3.63, 3.8) is 0 Å². The monoisotopic (exact) mass is 280 g/mol. The van der Waals surface area contributed by atoms with E-state index in [1.54, 1.807) is 18.9 Å². The first-order valence-electron chi connectivity index (χ1n) is 6.55. The van der Waals surface area contributed by atoms with Crippen LogP contribution < -0.4 is 15.4 Å². The van der Waals surface area contributed by atoms with Gasteiger partial charge in [0.1, 0.15) is 5.75 Å². The Labute approximate surface area is 118 Å². The SMILES string of the molecule is COc1ccccc1NC(=O)CSC1CCNCC1. The fraction of sp³-hybridized carbons (Fsp3) is 0.500. The van der Waals surface area contributed by atoms with Gasteiger partial charge in [0, 0.05) is 5.25 Å². The molecule has 1 amide bonds. The first-order chi connectivity index (χ1) is 9.29. The minimum atomic E-state index is 0.0352. The zero-order valence-electron chi connectivity index (χ0n) is 11.1. The Morgan fingerprint density at radius 1 is 1.42 bits per heavy atom. The van der Waals surface area contributed by atoms with E-state index in [2.05, 4.69) is 10.6 Å². The predicted molar refractivity (Wildman–Crippen MR) is 80.0 cm³/mol. The number of hydrogen-bond acceptors (Lipinski definition) is 4. The molecule has 0 radical (unpaired) electrons. The lowest BCUT2D eigenvalue weighted by molar-refractivity contribution is -0.113. The highest BCUT2D eigenvalue weighted by Gasteiger charge is 2.15. The summed E-state index contributed by atoms with van der Waals surface area (Å²) in [5, 5.41) is 6.83. The molecule has 4 nitrogen and oxygen atoms in total. The second kappa shape index (κ2) is 7.40. The predicted octanol–water partition coefficient (Wildman–Crippen LogP) is 2.12. The van der Waals surface area contributed by atoms with Crippen LogP contribution in [0, 0.1) is 0 Å². The van der Waals surface area contributed by atoms with Gasteiger partial charge in [0.25, 0.3) is 0 Å². The molecule has 1 aromatic rings. The van der Waals surface area contributed by atoms with Crippen LogP contribution >= 0.6 is 11.8 Å². The number of thioether (sulfide) groups is 1. The van der Waals surface area contributed by atoms with Crippen LogP contribution in [0.15, 0.2) is 24.3 Å². The number of anilines is 1. The standard InChI is InChI=1S/C14H20N2O2S/c1-18-13-5-3-2-4-12(13)16-14(17)10-19-11-6-8-15-9-7-11/h2-5,11,15H,6-10H2,1H3,(H,16,17). The van der Waals surface area contributed by atoms with Crippen LogP contribution in [0.25, 0.3) is 0 Å². The number of nitrogens with one attached hydrogen (secondary N) is 2. The van der Waals surface area contributed by atoms with E-state index in [4.69, 9.17) is 4.74 Å². The Morgan fingerprint density at radius 3 is 2.89 bits per heavy atom. The zero-order valence-corrected chi connectivity index (χ0v) is 12.0. The van der Waals surface area contributed by atoms with Gasteiger partial charge in [-0.2, -0.15) is 0 Å². The summed E-state index contributed by atoms with van der Waals surface area (Å²) in [5.74, 6) is 1.23. The number of rotatable bonds is 5. The maximum atomic E-state index is 11.9. The molecule has 5 heteroatoms. The van der Waals surface area contributed by atoms with E-state index in [1.165, 1.54) is 0 Å². The molecule has 0 aromatic heterocycles. The van der Waals surface area contributed by atoms with Crippen molar-refractivity contribution in [1.82, 2.24) is 5.32 Å². The number of ether oxygens (including phenoxy) is 1. The molecule has 0 aliphatic carbocycles. The second-order valence-corrected chi connectivity index (χ2v) is 5.80. The summed E-state index contributed by atoms with van der Waals surface area (Å²) in [6.07, 6.45) is 2.29. The van der Waals surface area contributed by atoms with Crippen LogP contribution in [-0.2, 0) is 4.79 Å². The molecule has 19 heavy (non-hydrogen) atoms. The number of hydrogen-bond donors (Lipinski definition) is 2. The van der Waals surface area contributed by atoms with Gasteiger partial charge in [-0.15, -0.1) is 11.8 Å².